The van der Waals surface area contributed by atoms with Gasteiger partial charge in [0.2, 0.25) is 0 Å². The van der Waals surface area contributed by atoms with Crippen molar-refractivity contribution in [1.82, 2.24) is 4.98 Å². The lowest BCUT2D eigenvalue weighted by atomic mass is 10.0. The monoisotopic (exact) mass is 199 g/mol. The smallest absolute Gasteiger partial charge is 0.0618 e. The van der Waals surface area contributed by atoms with Crippen LogP contribution in [0.2, 0.25) is 5.02 Å². The summed E-state index contributed by atoms with van der Waals surface area (Å²) in [4.78, 5) is 4.11. The van der Waals surface area contributed by atoms with Crippen LogP contribution in [0.3, 0.4) is 0 Å². The van der Waals surface area contributed by atoms with Crippen molar-refractivity contribution in [3.05, 3.63) is 29.0 Å². The fourth-order valence-corrected chi connectivity index (χ4v) is 1.09. The van der Waals surface area contributed by atoms with Gasteiger partial charge in [-0.1, -0.05) is 25.4 Å². The van der Waals surface area contributed by atoms with E-state index in [9.17, 15) is 5.11 Å². The van der Waals surface area contributed by atoms with Crippen LogP contribution in [0.25, 0.3) is 0 Å². The van der Waals surface area contributed by atoms with E-state index in [1.54, 1.807) is 12.3 Å². The molecule has 3 heteroatoms. The van der Waals surface area contributed by atoms with Crippen molar-refractivity contribution in [2.45, 2.75) is 26.4 Å². The van der Waals surface area contributed by atoms with Gasteiger partial charge >= 0.3 is 0 Å². The van der Waals surface area contributed by atoms with Crippen LogP contribution >= 0.6 is 11.6 Å². The van der Waals surface area contributed by atoms with Gasteiger partial charge in [0.25, 0.3) is 0 Å². The van der Waals surface area contributed by atoms with Crippen LogP contribution in [-0.2, 0) is 6.42 Å². The van der Waals surface area contributed by atoms with Crippen molar-refractivity contribution in [1.29, 1.82) is 0 Å². The van der Waals surface area contributed by atoms with Crippen LogP contribution < -0.4 is 0 Å². The number of rotatable bonds is 3. The summed E-state index contributed by atoms with van der Waals surface area (Å²) in [6.07, 6.45) is 1.87. The second-order valence-corrected chi connectivity index (χ2v) is 3.92. The Morgan fingerprint density at radius 3 is 2.62 bits per heavy atom. The molecule has 0 fully saturated rings. The van der Waals surface area contributed by atoms with Crippen molar-refractivity contribution in [3.8, 4) is 0 Å². The summed E-state index contributed by atoms with van der Waals surface area (Å²) in [5, 5.41) is 10.2. The molecule has 0 aliphatic heterocycles. The number of aliphatic hydroxyl groups is 1. The second-order valence-electron chi connectivity index (χ2n) is 3.48. The van der Waals surface area contributed by atoms with E-state index in [1.807, 2.05) is 19.9 Å². The summed E-state index contributed by atoms with van der Waals surface area (Å²) >= 11 is 5.69. The average Bonchev–Trinajstić information content (AvgIpc) is 2.08. The number of aliphatic hydroxyl groups excluding tert-OH is 1. The highest BCUT2D eigenvalue weighted by atomic mass is 35.5. The largest absolute Gasteiger partial charge is 0.392 e. The maximum absolute atomic E-state index is 9.58. The zero-order valence-corrected chi connectivity index (χ0v) is 8.62. The molecule has 0 amide bonds. The maximum Gasteiger partial charge on any atom is 0.0618 e. The number of pyridine rings is 1. The molecule has 1 N–H and O–H groups in total. The molecule has 1 unspecified atom stereocenters. The highest BCUT2D eigenvalue weighted by molar-refractivity contribution is 6.30. The lowest BCUT2D eigenvalue weighted by molar-refractivity contribution is 0.124. The molecule has 13 heavy (non-hydrogen) atoms. The molecule has 0 bridgehead atoms. The van der Waals surface area contributed by atoms with Gasteiger partial charge in [0.05, 0.1) is 11.1 Å². The lowest BCUT2D eigenvalue weighted by Gasteiger charge is -2.13. The van der Waals surface area contributed by atoms with E-state index in [0.717, 1.165) is 5.69 Å². The Kier molecular flexibility index (Phi) is 3.70. The summed E-state index contributed by atoms with van der Waals surface area (Å²) in [6, 6.07) is 3.63. The van der Waals surface area contributed by atoms with Crippen molar-refractivity contribution in [2.24, 2.45) is 5.92 Å². The van der Waals surface area contributed by atoms with E-state index in [0.29, 0.717) is 11.4 Å². The number of hydrogen-bond acceptors (Lipinski definition) is 2. The van der Waals surface area contributed by atoms with E-state index in [2.05, 4.69) is 4.98 Å². The average molecular weight is 200 g/mol. The highest BCUT2D eigenvalue weighted by Crippen LogP contribution is 2.10. The van der Waals surface area contributed by atoms with Crippen LogP contribution in [0, 0.1) is 5.92 Å². The molecule has 1 aromatic rings. The maximum atomic E-state index is 9.58. The molecule has 1 atom stereocenters. The Labute approximate surface area is 83.6 Å². The molecule has 0 aliphatic rings. The molecule has 0 radical (unpaired) electrons. The summed E-state index contributed by atoms with van der Waals surface area (Å²) in [6.45, 7) is 3.97. The number of aromatic nitrogens is 1. The SMILES string of the molecule is CC(C)C(O)Cc1ccc(Cl)cn1. The van der Waals surface area contributed by atoms with Gasteiger partial charge in [0.15, 0.2) is 0 Å². The normalized spacial score (nSPS) is 13.3. The quantitative estimate of drug-likeness (QED) is 0.811. The predicted molar refractivity (Wildman–Crippen MR) is 53.8 cm³/mol. The molecule has 1 heterocycles. The summed E-state index contributed by atoms with van der Waals surface area (Å²) < 4.78 is 0. The first kappa shape index (κ1) is 10.5. The highest BCUT2D eigenvalue weighted by Gasteiger charge is 2.10. The van der Waals surface area contributed by atoms with Crippen LogP contribution in [0.15, 0.2) is 18.3 Å². The Bertz CT molecular complexity index is 258. The van der Waals surface area contributed by atoms with Gasteiger partial charge in [-0.3, -0.25) is 4.98 Å². The first-order chi connectivity index (χ1) is 6.09. The van der Waals surface area contributed by atoms with Gasteiger partial charge in [-0.2, -0.15) is 0 Å². The third-order valence-corrected chi connectivity index (χ3v) is 2.20. The van der Waals surface area contributed by atoms with E-state index in [1.165, 1.54) is 0 Å². The topological polar surface area (TPSA) is 33.1 Å². The lowest BCUT2D eigenvalue weighted by Crippen LogP contribution is -2.18. The van der Waals surface area contributed by atoms with Crippen LogP contribution in [-0.4, -0.2) is 16.2 Å². The number of halogens is 1. The molecule has 2 nitrogen and oxygen atoms in total. The van der Waals surface area contributed by atoms with E-state index < -0.39 is 0 Å². The Morgan fingerprint density at radius 2 is 2.15 bits per heavy atom. The molecule has 72 valence electrons. The molecule has 0 aromatic carbocycles. The fraction of sp³-hybridized carbons (Fsp3) is 0.500. The zero-order chi connectivity index (χ0) is 9.84. The summed E-state index contributed by atoms with van der Waals surface area (Å²) in [7, 11) is 0. The van der Waals surface area contributed by atoms with Gasteiger partial charge in [-0.05, 0) is 18.1 Å². The minimum Gasteiger partial charge on any atom is -0.392 e. The van der Waals surface area contributed by atoms with Gasteiger partial charge in [-0.15, -0.1) is 0 Å². The van der Waals surface area contributed by atoms with Crippen molar-refractivity contribution >= 4 is 11.6 Å². The Hall–Kier alpha value is -0.600. The predicted octanol–water partition coefficient (Wildman–Crippen LogP) is 2.29. The minimum atomic E-state index is -0.325. The Morgan fingerprint density at radius 1 is 1.46 bits per heavy atom. The molecule has 1 aromatic heterocycles. The number of nitrogens with zero attached hydrogens (tertiary/aromatic N) is 1. The molecule has 0 saturated carbocycles. The molecule has 0 spiro atoms. The molecule has 0 aliphatic carbocycles. The Balaban J connectivity index is 2.59. The van der Waals surface area contributed by atoms with Crippen LogP contribution in [0.1, 0.15) is 19.5 Å². The molecule has 1 rings (SSSR count). The van der Waals surface area contributed by atoms with Gasteiger partial charge in [0.1, 0.15) is 0 Å². The second kappa shape index (κ2) is 4.58. The molecular formula is C10H14ClNO. The van der Waals surface area contributed by atoms with Gasteiger partial charge in [0, 0.05) is 18.3 Å². The first-order valence-electron chi connectivity index (χ1n) is 4.38. The van der Waals surface area contributed by atoms with Crippen molar-refractivity contribution < 1.29 is 5.11 Å². The standard InChI is InChI=1S/C10H14ClNO/c1-7(2)10(13)5-9-4-3-8(11)6-12-9/h3-4,6-7,10,13H,5H2,1-2H3. The van der Waals surface area contributed by atoms with E-state index in [-0.39, 0.29) is 12.0 Å². The van der Waals surface area contributed by atoms with Gasteiger partial charge in [-0.25, -0.2) is 0 Å². The van der Waals surface area contributed by atoms with E-state index >= 15 is 0 Å². The van der Waals surface area contributed by atoms with Gasteiger partial charge < -0.3 is 5.11 Å². The minimum absolute atomic E-state index is 0.262. The summed E-state index contributed by atoms with van der Waals surface area (Å²) in [5.41, 5.74) is 0.880. The van der Waals surface area contributed by atoms with Crippen LogP contribution in [0.4, 0.5) is 0 Å². The van der Waals surface area contributed by atoms with Crippen molar-refractivity contribution in [3.63, 3.8) is 0 Å². The third kappa shape index (κ3) is 3.33. The first-order valence-corrected chi connectivity index (χ1v) is 4.76. The number of hydrogen-bond donors (Lipinski definition) is 1. The van der Waals surface area contributed by atoms with E-state index in [4.69, 9.17) is 11.6 Å². The zero-order valence-electron chi connectivity index (χ0n) is 7.87. The third-order valence-electron chi connectivity index (χ3n) is 1.98. The molecular weight excluding hydrogens is 186 g/mol. The van der Waals surface area contributed by atoms with Crippen molar-refractivity contribution in [2.75, 3.05) is 0 Å². The fourth-order valence-electron chi connectivity index (χ4n) is 0.977. The molecule has 0 saturated heterocycles. The van der Waals surface area contributed by atoms with Crippen LogP contribution in [0.5, 0.6) is 0 Å². The summed E-state index contributed by atoms with van der Waals surface area (Å²) in [5.74, 6) is 0.262.